The Labute approximate surface area is 170 Å². The third kappa shape index (κ3) is 1.73. The second-order valence-electron chi connectivity index (χ2n) is 9.17. The molecule has 2 bridgehead atoms. The molecule has 4 nitrogen and oxygen atoms in total. The zero-order valence-electron chi connectivity index (χ0n) is 16.5. The third-order valence-electron chi connectivity index (χ3n) is 8.08. The van der Waals surface area contributed by atoms with Crippen LogP contribution < -0.4 is 9.64 Å². The highest BCUT2D eigenvalue weighted by Gasteiger charge is 2.70. The third-order valence-corrected chi connectivity index (χ3v) is 8.08. The normalized spacial score (nSPS) is 33.5. The Morgan fingerprint density at radius 1 is 1.07 bits per heavy atom. The van der Waals surface area contributed by atoms with Gasteiger partial charge in [-0.15, -0.1) is 0 Å². The summed E-state index contributed by atoms with van der Waals surface area (Å²) in [6.45, 7) is 0. The molecule has 0 N–H and O–H groups in total. The molecule has 2 spiro atoms. The summed E-state index contributed by atoms with van der Waals surface area (Å²) in [7, 11) is 2.18. The van der Waals surface area contributed by atoms with E-state index in [9.17, 15) is 0 Å². The van der Waals surface area contributed by atoms with E-state index in [0.717, 1.165) is 28.3 Å². The molecule has 3 heterocycles. The number of nitrogens with zero attached hydrogens (tertiary/aromatic N) is 3. The molecule has 0 saturated heterocycles. The van der Waals surface area contributed by atoms with Gasteiger partial charge < -0.3 is 9.64 Å². The summed E-state index contributed by atoms with van der Waals surface area (Å²) in [4.78, 5) is 12.0. The largest absolute Gasteiger partial charge is 0.457 e. The molecular weight excluding hydrogens is 358 g/mol. The van der Waals surface area contributed by atoms with Gasteiger partial charge in [-0.1, -0.05) is 36.8 Å². The maximum atomic E-state index is 7.09. The van der Waals surface area contributed by atoms with E-state index >= 15 is 0 Å². The molecular formula is C25H23N3O. The van der Waals surface area contributed by atoms with Crippen LogP contribution >= 0.6 is 0 Å². The van der Waals surface area contributed by atoms with Crippen LogP contribution in [0.2, 0.25) is 0 Å². The van der Waals surface area contributed by atoms with Gasteiger partial charge in [0.15, 0.2) is 5.75 Å². The van der Waals surface area contributed by atoms with Gasteiger partial charge >= 0.3 is 0 Å². The maximum absolute atomic E-state index is 7.09. The Kier molecular flexibility index (Phi) is 2.85. The summed E-state index contributed by atoms with van der Waals surface area (Å²) in [6.07, 6.45) is 9.07. The number of rotatable bonds is 0. The number of hydrogen-bond acceptors (Lipinski definition) is 4. The Balaban J connectivity index is 1.51. The highest BCUT2D eigenvalue weighted by Crippen LogP contribution is 2.67. The number of para-hydroxylation sites is 1. The van der Waals surface area contributed by atoms with Crippen molar-refractivity contribution in [3.8, 4) is 5.75 Å². The monoisotopic (exact) mass is 381 g/mol. The summed E-state index contributed by atoms with van der Waals surface area (Å²) in [5.74, 6) is 2.25. The van der Waals surface area contributed by atoms with E-state index in [2.05, 4.69) is 65.6 Å². The van der Waals surface area contributed by atoms with Gasteiger partial charge in [0.25, 0.3) is 0 Å². The van der Waals surface area contributed by atoms with Crippen molar-refractivity contribution in [2.24, 2.45) is 16.8 Å². The van der Waals surface area contributed by atoms with Gasteiger partial charge in [-0.2, -0.15) is 0 Å². The van der Waals surface area contributed by atoms with Gasteiger partial charge in [0.2, 0.25) is 5.72 Å². The second-order valence-corrected chi connectivity index (χ2v) is 9.17. The number of benzene rings is 2. The Morgan fingerprint density at radius 2 is 2.00 bits per heavy atom. The summed E-state index contributed by atoms with van der Waals surface area (Å²) in [5.41, 5.74) is 3.88. The molecule has 4 atom stereocenters. The fourth-order valence-corrected chi connectivity index (χ4v) is 6.92. The van der Waals surface area contributed by atoms with Gasteiger partial charge in [-0.05, 0) is 54.9 Å². The Bertz CT molecular complexity index is 1200. The molecule has 144 valence electrons. The van der Waals surface area contributed by atoms with Gasteiger partial charge in [-0.3, -0.25) is 9.98 Å². The van der Waals surface area contributed by atoms with Crippen LogP contribution in [-0.4, -0.2) is 24.0 Å². The predicted octanol–water partition coefficient (Wildman–Crippen LogP) is 5.23. The summed E-state index contributed by atoms with van der Waals surface area (Å²) in [6, 6.07) is 17.1. The van der Waals surface area contributed by atoms with Gasteiger partial charge in [0, 0.05) is 24.3 Å². The quantitative estimate of drug-likeness (QED) is 0.535. The van der Waals surface area contributed by atoms with Gasteiger partial charge in [0.05, 0.1) is 11.6 Å². The lowest BCUT2D eigenvalue weighted by Gasteiger charge is -2.50. The molecule has 29 heavy (non-hydrogen) atoms. The molecule has 0 amide bonds. The number of likely N-dealkylation sites (N-methyl/N-ethyl adjacent to an activating group) is 1. The zero-order chi connectivity index (χ0) is 19.2. The highest BCUT2D eigenvalue weighted by molar-refractivity contribution is 5.95. The standard InChI is InChI=1S/C25H23N3O/c1-28-21-7-3-2-6-19(21)24(14-16-8-10-18(24)13-16)25(28)15-27-20-11-9-17-5-4-12-26-22(17)23(20)29-25/h2-7,9,11-12,15-16,18H,8,10,13-14H2,1H3. The van der Waals surface area contributed by atoms with Crippen LogP contribution in [0.1, 0.15) is 31.2 Å². The Hall–Kier alpha value is -2.88. The topological polar surface area (TPSA) is 37.7 Å². The lowest BCUT2D eigenvalue weighted by Crippen LogP contribution is -2.64. The molecule has 2 saturated carbocycles. The van der Waals surface area contributed by atoms with Crippen molar-refractivity contribution in [2.45, 2.75) is 36.8 Å². The first-order valence-electron chi connectivity index (χ1n) is 10.7. The van der Waals surface area contributed by atoms with Crippen molar-refractivity contribution in [1.82, 2.24) is 4.98 Å². The highest BCUT2D eigenvalue weighted by atomic mass is 16.5. The molecule has 2 aliphatic heterocycles. The number of aliphatic imine (C=N–C) groups is 1. The van der Waals surface area contributed by atoms with Crippen molar-refractivity contribution < 1.29 is 4.74 Å². The average Bonchev–Trinajstić information content (AvgIpc) is 3.44. The number of hydrogen-bond donors (Lipinski definition) is 0. The van der Waals surface area contributed by atoms with Crippen molar-refractivity contribution in [1.29, 1.82) is 0 Å². The minimum Gasteiger partial charge on any atom is -0.457 e. The molecule has 2 aromatic carbocycles. The summed E-state index contributed by atoms with van der Waals surface area (Å²) in [5, 5.41) is 1.10. The number of anilines is 1. The van der Waals surface area contributed by atoms with Crippen LogP contribution in [0.3, 0.4) is 0 Å². The number of pyridine rings is 1. The first-order valence-corrected chi connectivity index (χ1v) is 10.7. The molecule has 2 aliphatic carbocycles. The van der Waals surface area contributed by atoms with Crippen LogP contribution in [0.5, 0.6) is 5.75 Å². The van der Waals surface area contributed by atoms with E-state index in [1.165, 1.54) is 36.9 Å². The fourth-order valence-electron chi connectivity index (χ4n) is 6.92. The van der Waals surface area contributed by atoms with Crippen LogP contribution in [0.25, 0.3) is 10.9 Å². The van der Waals surface area contributed by atoms with Gasteiger partial charge in [0.1, 0.15) is 11.2 Å². The number of ether oxygens (including phenoxy) is 1. The molecule has 4 unspecified atom stereocenters. The molecule has 0 radical (unpaired) electrons. The molecule has 2 fully saturated rings. The van der Waals surface area contributed by atoms with Crippen LogP contribution in [-0.2, 0) is 5.41 Å². The van der Waals surface area contributed by atoms with E-state index in [-0.39, 0.29) is 5.41 Å². The molecule has 7 rings (SSSR count). The number of aromatic nitrogens is 1. The molecule has 4 aliphatic rings. The first-order chi connectivity index (χ1) is 14.2. The molecule has 3 aromatic rings. The van der Waals surface area contributed by atoms with Crippen molar-refractivity contribution in [3.05, 3.63) is 60.3 Å². The van der Waals surface area contributed by atoms with Crippen molar-refractivity contribution in [3.63, 3.8) is 0 Å². The van der Waals surface area contributed by atoms with Crippen LogP contribution in [0.15, 0.2) is 59.7 Å². The Morgan fingerprint density at radius 3 is 2.86 bits per heavy atom. The smallest absolute Gasteiger partial charge is 0.229 e. The van der Waals surface area contributed by atoms with E-state index in [1.807, 2.05) is 12.3 Å². The predicted molar refractivity (Wildman–Crippen MR) is 115 cm³/mol. The van der Waals surface area contributed by atoms with Gasteiger partial charge in [-0.25, -0.2) is 0 Å². The van der Waals surface area contributed by atoms with E-state index in [0.29, 0.717) is 5.92 Å². The van der Waals surface area contributed by atoms with E-state index in [1.54, 1.807) is 0 Å². The molecule has 4 heteroatoms. The maximum Gasteiger partial charge on any atom is 0.229 e. The zero-order valence-corrected chi connectivity index (χ0v) is 16.5. The fraction of sp³-hybridized carbons (Fsp3) is 0.360. The summed E-state index contributed by atoms with van der Waals surface area (Å²) >= 11 is 0. The van der Waals surface area contributed by atoms with Crippen molar-refractivity contribution >= 4 is 28.5 Å². The van der Waals surface area contributed by atoms with E-state index in [4.69, 9.17) is 9.73 Å². The lowest BCUT2D eigenvalue weighted by atomic mass is 9.63. The summed E-state index contributed by atoms with van der Waals surface area (Å²) < 4.78 is 7.09. The van der Waals surface area contributed by atoms with E-state index < -0.39 is 5.72 Å². The number of fused-ring (bicyclic) bond motifs is 9. The average molecular weight is 381 g/mol. The van der Waals surface area contributed by atoms with Crippen LogP contribution in [0.4, 0.5) is 11.4 Å². The lowest BCUT2D eigenvalue weighted by molar-refractivity contribution is 0.0301. The van der Waals surface area contributed by atoms with Crippen molar-refractivity contribution in [2.75, 3.05) is 11.9 Å². The SMILES string of the molecule is CN1c2ccccc2C2(CC3CCC2C3)C12C=Nc1ccc3cccnc3c1O2. The second kappa shape index (κ2) is 5.18. The minimum absolute atomic E-state index is 0.0423. The van der Waals surface area contributed by atoms with Crippen LogP contribution in [0, 0.1) is 11.8 Å². The molecule has 1 aromatic heterocycles. The minimum atomic E-state index is -0.588. The first kappa shape index (κ1) is 16.0.